The average Bonchev–Trinajstić information content (AvgIpc) is 2.40. The average molecular weight is 226 g/mol. The molecule has 1 aromatic carbocycles. The van der Waals surface area contributed by atoms with Gasteiger partial charge in [-0.3, -0.25) is 4.79 Å². The predicted molar refractivity (Wildman–Crippen MR) is 68.7 cm³/mol. The molecule has 3 aliphatic rings. The van der Waals surface area contributed by atoms with Gasteiger partial charge in [-0.2, -0.15) is 0 Å². The first kappa shape index (κ1) is 10.8. The van der Waals surface area contributed by atoms with Crippen molar-refractivity contribution in [2.45, 2.75) is 25.7 Å². The number of ketones is 1. The number of rotatable bonds is 2. The van der Waals surface area contributed by atoms with Crippen LogP contribution in [0.1, 0.15) is 31.2 Å². The first-order valence-corrected chi connectivity index (χ1v) is 6.51. The highest BCUT2D eigenvalue weighted by atomic mass is 16.1. The Labute approximate surface area is 103 Å². The van der Waals surface area contributed by atoms with E-state index in [-0.39, 0.29) is 5.92 Å². The van der Waals surface area contributed by atoms with Crippen LogP contribution in [0.5, 0.6) is 0 Å². The SMILES string of the molecule is CC(=O)[C@H]1[C@H](c2ccccc2)[C@H]2C=C[C@@H]1CC2. The van der Waals surface area contributed by atoms with Crippen LogP contribution in [0.2, 0.25) is 0 Å². The molecule has 0 aliphatic heterocycles. The summed E-state index contributed by atoms with van der Waals surface area (Å²) in [6.07, 6.45) is 7.05. The van der Waals surface area contributed by atoms with Gasteiger partial charge in [-0.1, -0.05) is 42.5 Å². The summed E-state index contributed by atoms with van der Waals surface area (Å²) in [6.45, 7) is 1.76. The molecule has 1 fully saturated rings. The molecule has 1 aromatic rings. The fourth-order valence-electron chi connectivity index (χ4n) is 3.68. The van der Waals surface area contributed by atoms with Crippen molar-refractivity contribution < 1.29 is 4.79 Å². The Kier molecular flexibility index (Phi) is 2.62. The highest BCUT2D eigenvalue weighted by molar-refractivity contribution is 5.80. The summed E-state index contributed by atoms with van der Waals surface area (Å²) in [5, 5.41) is 0. The van der Waals surface area contributed by atoms with Crippen molar-refractivity contribution in [1.82, 2.24) is 0 Å². The van der Waals surface area contributed by atoms with Crippen LogP contribution in [0.3, 0.4) is 0 Å². The maximum atomic E-state index is 11.9. The predicted octanol–water partition coefficient (Wildman–Crippen LogP) is 3.57. The monoisotopic (exact) mass is 226 g/mol. The normalized spacial score (nSPS) is 34.9. The Morgan fingerprint density at radius 3 is 2.29 bits per heavy atom. The number of allylic oxidation sites excluding steroid dienone is 2. The zero-order valence-electron chi connectivity index (χ0n) is 10.2. The summed E-state index contributed by atoms with van der Waals surface area (Å²) in [6, 6.07) is 10.6. The smallest absolute Gasteiger partial charge is 0.134 e. The third-order valence-corrected chi connectivity index (χ3v) is 4.40. The van der Waals surface area contributed by atoms with Gasteiger partial charge in [-0.05, 0) is 37.2 Å². The van der Waals surface area contributed by atoms with Gasteiger partial charge in [-0.15, -0.1) is 0 Å². The van der Waals surface area contributed by atoms with Crippen molar-refractivity contribution in [3.63, 3.8) is 0 Å². The molecule has 1 nitrogen and oxygen atoms in total. The Hall–Kier alpha value is -1.37. The van der Waals surface area contributed by atoms with Crippen LogP contribution in [0, 0.1) is 17.8 Å². The number of benzene rings is 1. The minimum atomic E-state index is 0.209. The van der Waals surface area contributed by atoms with Crippen molar-refractivity contribution in [3.8, 4) is 0 Å². The molecule has 0 amide bonds. The summed E-state index contributed by atoms with van der Waals surface area (Å²) < 4.78 is 0. The molecule has 88 valence electrons. The molecule has 4 atom stereocenters. The molecular formula is C16H18O. The first-order valence-electron chi connectivity index (χ1n) is 6.51. The first-order chi connectivity index (χ1) is 8.27. The molecule has 0 radical (unpaired) electrons. The fraction of sp³-hybridized carbons (Fsp3) is 0.438. The lowest BCUT2D eigenvalue weighted by Gasteiger charge is -2.44. The quantitative estimate of drug-likeness (QED) is 0.704. The van der Waals surface area contributed by atoms with E-state index >= 15 is 0 Å². The summed E-state index contributed by atoms with van der Waals surface area (Å²) in [7, 11) is 0. The molecule has 0 spiro atoms. The molecule has 4 rings (SSSR count). The van der Waals surface area contributed by atoms with Crippen molar-refractivity contribution in [2.24, 2.45) is 17.8 Å². The van der Waals surface area contributed by atoms with Crippen LogP contribution >= 0.6 is 0 Å². The van der Waals surface area contributed by atoms with E-state index in [1.165, 1.54) is 18.4 Å². The molecule has 2 bridgehead atoms. The number of hydrogen-bond donors (Lipinski definition) is 0. The number of hydrogen-bond acceptors (Lipinski definition) is 1. The van der Waals surface area contributed by atoms with Gasteiger partial charge in [-0.25, -0.2) is 0 Å². The molecule has 0 N–H and O–H groups in total. The largest absolute Gasteiger partial charge is 0.300 e. The van der Waals surface area contributed by atoms with Crippen LogP contribution in [0.25, 0.3) is 0 Å². The topological polar surface area (TPSA) is 17.1 Å². The molecule has 0 unspecified atom stereocenters. The summed E-state index contributed by atoms with van der Waals surface area (Å²) in [5.74, 6) is 2.02. The van der Waals surface area contributed by atoms with Gasteiger partial charge in [0.1, 0.15) is 5.78 Å². The lowest BCUT2D eigenvalue weighted by molar-refractivity contribution is -0.124. The van der Waals surface area contributed by atoms with Crippen molar-refractivity contribution in [3.05, 3.63) is 48.0 Å². The van der Waals surface area contributed by atoms with E-state index in [9.17, 15) is 4.79 Å². The van der Waals surface area contributed by atoms with Gasteiger partial charge in [0.25, 0.3) is 0 Å². The maximum absolute atomic E-state index is 11.9. The van der Waals surface area contributed by atoms with Crippen LogP contribution < -0.4 is 0 Å². The Morgan fingerprint density at radius 1 is 1.06 bits per heavy atom. The van der Waals surface area contributed by atoms with Crippen LogP contribution in [-0.4, -0.2) is 5.78 Å². The maximum Gasteiger partial charge on any atom is 0.134 e. The number of Topliss-reactive ketones (excluding diaryl/α,β-unsaturated/α-hetero) is 1. The van der Waals surface area contributed by atoms with E-state index in [1.54, 1.807) is 6.92 Å². The number of carbonyl (C=O) groups is 1. The summed E-state index contributed by atoms with van der Waals surface area (Å²) >= 11 is 0. The molecule has 17 heavy (non-hydrogen) atoms. The second kappa shape index (κ2) is 4.14. The van der Waals surface area contributed by atoms with Gasteiger partial charge in [0, 0.05) is 11.8 Å². The summed E-state index contributed by atoms with van der Waals surface area (Å²) in [4.78, 5) is 11.9. The standard InChI is InChI=1S/C16H18O/c1-11(17)15-13-7-9-14(10-8-13)16(15)12-5-3-2-4-6-12/h2-7,9,13-16H,8,10H2,1H3/t13-,14+,15-,16-/m1/s1. The van der Waals surface area contributed by atoms with Crippen molar-refractivity contribution >= 4 is 5.78 Å². The number of fused-ring (bicyclic) bond motifs is 2. The van der Waals surface area contributed by atoms with E-state index in [0.717, 1.165) is 0 Å². The third-order valence-electron chi connectivity index (χ3n) is 4.40. The highest BCUT2D eigenvalue weighted by Crippen LogP contribution is 2.50. The minimum Gasteiger partial charge on any atom is -0.300 e. The Balaban J connectivity index is 2.02. The van der Waals surface area contributed by atoms with Crippen LogP contribution in [0.15, 0.2) is 42.5 Å². The zero-order valence-corrected chi connectivity index (χ0v) is 10.2. The molecule has 0 saturated heterocycles. The van der Waals surface area contributed by atoms with E-state index < -0.39 is 0 Å². The van der Waals surface area contributed by atoms with Crippen molar-refractivity contribution in [2.75, 3.05) is 0 Å². The van der Waals surface area contributed by atoms with E-state index in [0.29, 0.717) is 23.5 Å². The molecule has 1 heteroatoms. The van der Waals surface area contributed by atoms with E-state index in [4.69, 9.17) is 0 Å². The van der Waals surface area contributed by atoms with Gasteiger partial charge < -0.3 is 0 Å². The Bertz CT molecular complexity index is 446. The van der Waals surface area contributed by atoms with E-state index in [1.807, 2.05) is 6.07 Å². The van der Waals surface area contributed by atoms with Crippen LogP contribution in [-0.2, 0) is 4.79 Å². The Morgan fingerprint density at radius 2 is 1.71 bits per heavy atom. The summed E-state index contributed by atoms with van der Waals surface area (Å²) in [5.41, 5.74) is 1.34. The molecule has 1 saturated carbocycles. The minimum absolute atomic E-state index is 0.209. The third kappa shape index (κ3) is 1.74. The lowest BCUT2D eigenvalue weighted by Crippen LogP contribution is -2.38. The van der Waals surface area contributed by atoms with E-state index in [2.05, 4.69) is 36.4 Å². The molecular weight excluding hydrogens is 208 g/mol. The zero-order chi connectivity index (χ0) is 11.8. The molecule has 0 heterocycles. The highest BCUT2D eigenvalue weighted by Gasteiger charge is 2.43. The van der Waals surface area contributed by atoms with Gasteiger partial charge in [0.2, 0.25) is 0 Å². The van der Waals surface area contributed by atoms with Crippen LogP contribution in [0.4, 0.5) is 0 Å². The lowest BCUT2D eigenvalue weighted by atomic mass is 9.59. The molecule has 3 aliphatic carbocycles. The fourth-order valence-corrected chi connectivity index (χ4v) is 3.68. The second-order valence-electron chi connectivity index (χ2n) is 5.36. The van der Waals surface area contributed by atoms with Gasteiger partial charge in [0.05, 0.1) is 0 Å². The van der Waals surface area contributed by atoms with Gasteiger partial charge in [0.15, 0.2) is 0 Å². The van der Waals surface area contributed by atoms with Crippen molar-refractivity contribution in [1.29, 1.82) is 0 Å². The number of carbonyl (C=O) groups excluding carboxylic acids is 1. The van der Waals surface area contributed by atoms with Gasteiger partial charge >= 0.3 is 0 Å². The molecule has 0 aromatic heterocycles. The second-order valence-corrected chi connectivity index (χ2v) is 5.36.